The minimum atomic E-state index is -0.269. The minimum absolute atomic E-state index is 0.00843. The Morgan fingerprint density at radius 2 is 1.96 bits per heavy atom. The van der Waals surface area contributed by atoms with Crippen molar-refractivity contribution in [3.63, 3.8) is 0 Å². The summed E-state index contributed by atoms with van der Waals surface area (Å²) in [6.45, 7) is 7.57. The summed E-state index contributed by atoms with van der Waals surface area (Å²) in [4.78, 5) is 12.3. The minimum Gasteiger partial charge on any atom is -0.353 e. The van der Waals surface area contributed by atoms with Crippen molar-refractivity contribution in [2.24, 2.45) is 11.8 Å². The van der Waals surface area contributed by atoms with Crippen molar-refractivity contribution in [2.75, 3.05) is 5.75 Å². The van der Waals surface area contributed by atoms with Crippen molar-refractivity contribution in [3.05, 3.63) is 57.8 Å². The third-order valence-corrected chi connectivity index (χ3v) is 5.44. The highest BCUT2D eigenvalue weighted by Crippen LogP contribution is 2.40. The fourth-order valence-electron chi connectivity index (χ4n) is 3.04. The second kappa shape index (κ2) is 8.60. The number of hydrogen-bond donors (Lipinski definition) is 1. The van der Waals surface area contributed by atoms with Gasteiger partial charge >= 0.3 is 0 Å². The van der Waals surface area contributed by atoms with Crippen molar-refractivity contribution in [2.45, 2.75) is 33.1 Å². The summed E-state index contributed by atoms with van der Waals surface area (Å²) < 4.78 is 0. The van der Waals surface area contributed by atoms with Gasteiger partial charge in [0.2, 0.25) is 0 Å². The predicted molar refractivity (Wildman–Crippen MR) is 106 cm³/mol. The number of dihydropyridines is 1. The Balaban J connectivity index is 2.44. The number of hydrogen-bond acceptors (Lipinski definition) is 4. The number of halogens is 1. The number of Topliss-reactive ketones (excluding diaryl/α,β-unsaturated/α-hetero) is 1. The Morgan fingerprint density at radius 1 is 1.32 bits per heavy atom. The monoisotopic (exact) mass is 374 g/mol. The third-order valence-electron chi connectivity index (χ3n) is 4.21. The van der Waals surface area contributed by atoms with Crippen LogP contribution in [0.5, 0.6) is 0 Å². The number of thioether (sulfide) groups is 1. The standard InChI is InChI=1S/C20H23ClN2OS/c1-12(2)9-10-25-20-17(11-22)19(15-5-7-16(21)8-6-15)18(14(4)24)13(3)23-20/h5-9,15-16,19,23H,10H2,1-4H3. The Kier molecular flexibility index (Phi) is 6.75. The van der Waals surface area contributed by atoms with E-state index in [1.165, 1.54) is 5.57 Å². The summed E-state index contributed by atoms with van der Waals surface area (Å²) in [5, 5.41) is 13.8. The van der Waals surface area contributed by atoms with Crippen LogP contribution in [0.3, 0.4) is 0 Å². The third kappa shape index (κ3) is 4.68. The molecule has 1 N–H and O–H groups in total. The average molecular weight is 375 g/mol. The van der Waals surface area contributed by atoms with E-state index in [2.05, 4.69) is 31.3 Å². The van der Waals surface area contributed by atoms with E-state index in [0.29, 0.717) is 11.1 Å². The van der Waals surface area contributed by atoms with Gasteiger partial charge < -0.3 is 5.32 Å². The number of ketones is 1. The molecular weight excluding hydrogens is 352 g/mol. The van der Waals surface area contributed by atoms with Crippen LogP contribution in [0, 0.1) is 23.2 Å². The van der Waals surface area contributed by atoms with Gasteiger partial charge in [0.25, 0.3) is 0 Å². The molecule has 0 radical (unpaired) electrons. The molecule has 132 valence electrons. The lowest BCUT2D eigenvalue weighted by atomic mass is 9.76. The Labute approximate surface area is 159 Å². The van der Waals surface area contributed by atoms with Crippen molar-refractivity contribution in [1.29, 1.82) is 5.26 Å². The van der Waals surface area contributed by atoms with Gasteiger partial charge in [-0.3, -0.25) is 4.79 Å². The van der Waals surface area contributed by atoms with E-state index in [1.807, 2.05) is 31.2 Å². The molecule has 0 saturated heterocycles. The molecule has 0 bridgehead atoms. The van der Waals surface area contributed by atoms with Crippen molar-refractivity contribution >= 4 is 29.1 Å². The van der Waals surface area contributed by atoms with Crippen LogP contribution in [0.2, 0.25) is 0 Å². The molecule has 0 aromatic rings. The van der Waals surface area contributed by atoms with Crippen LogP contribution in [-0.4, -0.2) is 16.9 Å². The second-order valence-electron chi connectivity index (χ2n) is 6.44. The van der Waals surface area contributed by atoms with Gasteiger partial charge in [-0.15, -0.1) is 23.4 Å². The van der Waals surface area contributed by atoms with Crippen LogP contribution in [0.25, 0.3) is 0 Å². The highest BCUT2D eigenvalue weighted by Gasteiger charge is 2.35. The molecule has 25 heavy (non-hydrogen) atoms. The molecule has 0 fully saturated rings. The second-order valence-corrected chi connectivity index (χ2v) is 7.97. The number of alkyl halides is 1. The number of carbonyl (C=O) groups is 1. The van der Waals surface area contributed by atoms with E-state index in [0.717, 1.165) is 16.5 Å². The number of allylic oxidation sites excluding steroid dienone is 8. The lowest BCUT2D eigenvalue weighted by molar-refractivity contribution is -0.114. The predicted octanol–water partition coefficient (Wildman–Crippen LogP) is 4.85. The van der Waals surface area contributed by atoms with Crippen molar-refractivity contribution in [3.8, 4) is 6.07 Å². The van der Waals surface area contributed by atoms with E-state index in [9.17, 15) is 10.1 Å². The maximum atomic E-state index is 12.3. The molecule has 3 nitrogen and oxygen atoms in total. The van der Waals surface area contributed by atoms with Crippen LogP contribution >= 0.6 is 23.4 Å². The molecule has 2 rings (SSSR count). The zero-order valence-corrected chi connectivity index (χ0v) is 16.5. The molecular formula is C20H23ClN2OS. The van der Waals surface area contributed by atoms with Crippen LogP contribution in [0.1, 0.15) is 27.7 Å². The number of carbonyl (C=O) groups excluding carboxylic acids is 1. The largest absolute Gasteiger partial charge is 0.353 e. The normalized spacial score (nSPS) is 25.5. The molecule has 1 aliphatic heterocycles. The first-order chi connectivity index (χ1) is 11.8. The molecule has 1 heterocycles. The molecule has 0 aromatic heterocycles. The van der Waals surface area contributed by atoms with Crippen LogP contribution in [0.4, 0.5) is 0 Å². The zero-order valence-electron chi connectivity index (χ0n) is 15.0. The SMILES string of the molecule is CC(=O)C1=C(C)NC(SCC=C(C)C)=C(C#N)C1C1C=CC(Cl)C=C1. The smallest absolute Gasteiger partial charge is 0.158 e. The molecule has 0 amide bonds. The van der Waals surface area contributed by atoms with E-state index in [-0.39, 0.29) is 23.0 Å². The fraction of sp³-hybridized carbons (Fsp3) is 0.400. The first-order valence-corrected chi connectivity index (χ1v) is 9.67. The van der Waals surface area contributed by atoms with Crippen molar-refractivity contribution in [1.82, 2.24) is 5.32 Å². The molecule has 1 atom stereocenters. The van der Waals surface area contributed by atoms with E-state index in [1.54, 1.807) is 18.7 Å². The molecule has 0 spiro atoms. The summed E-state index contributed by atoms with van der Waals surface area (Å²) in [6, 6.07) is 2.34. The van der Waals surface area contributed by atoms with Gasteiger partial charge in [0.15, 0.2) is 5.78 Å². The molecule has 1 unspecified atom stereocenters. The topological polar surface area (TPSA) is 52.9 Å². The number of nitrogens with zero attached hydrogens (tertiary/aromatic N) is 1. The number of nitriles is 1. The summed E-state index contributed by atoms with van der Waals surface area (Å²) >= 11 is 7.69. The molecule has 0 aromatic carbocycles. The van der Waals surface area contributed by atoms with Gasteiger partial charge in [-0.05, 0) is 27.7 Å². The van der Waals surface area contributed by atoms with E-state index in [4.69, 9.17) is 11.6 Å². The zero-order chi connectivity index (χ0) is 18.6. The Hall–Kier alpha value is -1.70. The van der Waals surface area contributed by atoms with E-state index < -0.39 is 0 Å². The maximum Gasteiger partial charge on any atom is 0.158 e. The summed E-state index contributed by atoms with van der Waals surface area (Å²) in [5.41, 5.74) is 3.36. The average Bonchev–Trinajstić information content (AvgIpc) is 2.54. The van der Waals surface area contributed by atoms with Gasteiger partial charge in [-0.25, -0.2) is 0 Å². The van der Waals surface area contributed by atoms with Crippen molar-refractivity contribution < 1.29 is 4.79 Å². The molecule has 0 saturated carbocycles. The summed E-state index contributed by atoms with van der Waals surface area (Å²) in [7, 11) is 0. The fourth-order valence-corrected chi connectivity index (χ4v) is 4.34. The summed E-state index contributed by atoms with van der Waals surface area (Å²) in [5.74, 6) is 0.464. The van der Waals surface area contributed by atoms with Gasteiger partial charge in [0.05, 0.1) is 22.0 Å². The highest BCUT2D eigenvalue weighted by molar-refractivity contribution is 8.03. The first-order valence-electron chi connectivity index (χ1n) is 8.25. The maximum absolute atomic E-state index is 12.3. The van der Waals surface area contributed by atoms with Crippen LogP contribution < -0.4 is 5.32 Å². The molecule has 5 heteroatoms. The Morgan fingerprint density at radius 3 is 2.48 bits per heavy atom. The highest BCUT2D eigenvalue weighted by atomic mass is 35.5. The van der Waals surface area contributed by atoms with Gasteiger partial charge in [-0.1, -0.05) is 36.0 Å². The quantitative estimate of drug-likeness (QED) is 0.551. The van der Waals surface area contributed by atoms with Gasteiger partial charge in [-0.2, -0.15) is 5.26 Å². The number of rotatable bonds is 5. The summed E-state index contributed by atoms with van der Waals surface area (Å²) in [6.07, 6.45) is 9.94. The van der Waals surface area contributed by atoms with Crippen LogP contribution in [-0.2, 0) is 4.79 Å². The number of nitrogens with one attached hydrogen (secondary N) is 1. The first kappa shape index (κ1) is 19.6. The molecule has 1 aliphatic carbocycles. The molecule has 2 aliphatic rings. The van der Waals surface area contributed by atoms with Gasteiger partial charge in [0, 0.05) is 28.9 Å². The van der Waals surface area contributed by atoms with Gasteiger partial charge in [0.1, 0.15) is 0 Å². The lowest BCUT2D eigenvalue weighted by Gasteiger charge is -2.32. The van der Waals surface area contributed by atoms with E-state index >= 15 is 0 Å². The lowest BCUT2D eigenvalue weighted by Crippen LogP contribution is -2.32. The van der Waals surface area contributed by atoms with Crippen LogP contribution in [0.15, 0.2) is 57.8 Å². The Bertz CT molecular complexity index is 734.